The van der Waals surface area contributed by atoms with E-state index in [0.717, 1.165) is 37.3 Å². The standard InChI is InChI=1S/C14H13NO7S.C13H19N3O4/c1-23(21,22)8-5-6-9(10(7-8)15(19)20)14(18)13-11(16)3-2-4-12(13)17;1-5-10(6-2)14-12-11(15(17)18)7-8(3)9(4)13(12)16(19)20/h5-7,13H,2-4H2,1H3;7,10,14H,5-6H2,1-4H3. The third kappa shape index (κ3) is 8.03. The van der Waals surface area contributed by atoms with Gasteiger partial charge in [0.1, 0.15) is 5.92 Å². The largest absolute Gasteiger partial charge is 0.371 e. The summed E-state index contributed by atoms with van der Waals surface area (Å²) in [6.45, 7) is 7.10. The molecule has 1 fully saturated rings. The van der Waals surface area contributed by atoms with E-state index >= 15 is 0 Å². The molecule has 0 heterocycles. The summed E-state index contributed by atoms with van der Waals surface area (Å²) in [6, 6.07) is 4.14. The Kier molecular flexibility index (Phi) is 11.3. The fourth-order valence-corrected chi connectivity index (χ4v) is 5.19. The predicted octanol–water partition coefficient (Wildman–Crippen LogP) is 4.84. The number of ketones is 3. The van der Waals surface area contributed by atoms with E-state index in [2.05, 4.69) is 5.32 Å². The molecule has 1 aliphatic rings. The Hall–Kier alpha value is -4.60. The Labute approximate surface area is 247 Å². The summed E-state index contributed by atoms with van der Waals surface area (Å²) < 4.78 is 23.0. The van der Waals surface area contributed by atoms with Gasteiger partial charge in [-0.05, 0) is 50.8 Å². The van der Waals surface area contributed by atoms with Gasteiger partial charge in [-0.1, -0.05) is 13.8 Å². The molecule has 0 amide bonds. The van der Waals surface area contributed by atoms with Gasteiger partial charge in [0.2, 0.25) is 0 Å². The van der Waals surface area contributed by atoms with Crippen molar-refractivity contribution in [3.05, 3.63) is 71.3 Å². The van der Waals surface area contributed by atoms with Crippen molar-refractivity contribution < 1.29 is 37.6 Å². The Morgan fingerprint density at radius 3 is 1.91 bits per heavy atom. The van der Waals surface area contributed by atoms with Crippen LogP contribution in [0.2, 0.25) is 0 Å². The van der Waals surface area contributed by atoms with Crippen LogP contribution in [0.15, 0.2) is 29.2 Å². The summed E-state index contributed by atoms with van der Waals surface area (Å²) in [4.78, 5) is 67.3. The number of Topliss-reactive ketones (excluding diaryl/α,β-unsaturated/α-hetero) is 3. The van der Waals surface area contributed by atoms with Gasteiger partial charge < -0.3 is 5.32 Å². The number of anilines is 1. The highest BCUT2D eigenvalue weighted by molar-refractivity contribution is 7.90. The third-order valence-electron chi connectivity index (χ3n) is 7.12. The highest BCUT2D eigenvalue weighted by Gasteiger charge is 2.39. The molecular formula is C27H32N4O11S. The number of carbonyl (C=O) groups excluding carboxylic acids is 3. The van der Waals surface area contributed by atoms with Gasteiger partial charge in [0, 0.05) is 42.8 Å². The normalized spacial score (nSPS) is 13.7. The number of hydrogen-bond donors (Lipinski definition) is 1. The Morgan fingerprint density at radius 2 is 1.47 bits per heavy atom. The Morgan fingerprint density at radius 1 is 0.930 bits per heavy atom. The molecule has 16 heteroatoms. The molecule has 0 aliphatic heterocycles. The van der Waals surface area contributed by atoms with Crippen molar-refractivity contribution in [3.63, 3.8) is 0 Å². The number of nitrogens with zero attached hydrogens (tertiary/aromatic N) is 3. The Bertz CT molecular complexity index is 1580. The SMILES string of the molecule is CCC(CC)Nc1c([N+](=O)[O-])cc(C)c(C)c1[N+](=O)[O-].CS(=O)(=O)c1ccc(C(=O)C2C(=O)CCCC2=O)c([N+](=O)[O-])c1. The molecule has 0 unspecified atom stereocenters. The molecule has 2 aromatic carbocycles. The minimum Gasteiger partial charge on any atom is -0.371 e. The molecule has 0 bridgehead atoms. The van der Waals surface area contributed by atoms with Crippen LogP contribution in [0, 0.1) is 50.1 Å². The first-order chi connectivity index (χ1) is 20.0. The molecule has 0 atom stereocenters. The minimum atomic E-state index is -3.70. The number of nitro benzene ring substituents is 3. The van der Waals surface area contributed by atoms with Gasteiger partial charge in [-0.2, -0.15) is 0 Å². The van der Waals surface area contributed by atoms with E-state index < -0.39 is 59.1 Å². The molecule has 43 heavy (non-hydrogen) atoms. The maximum atomic E-state index is 12.4. The topological polar surface area (TPSA) is 227 Å². The van der Waals surface area contributed by atoms with Crippen molar-refractivity contribution >= 4 is 49.9 Å². The van der Waals surface area contributed by atoms with E-state index in [9.17, 15) is 53.1 Å². The number of rotatable bonds is 10. The van der Waals surface area contributed by atoms with E-state index in [-0.39, 0.29) is 40.8 Å². The smallest absolute Gasteiger partial charge is 0.302 e. The molecule has 1 saturated carbocycles. The van der Waals surface area contributed by atoms with Crippen molar-refractivity contribution in [2.24, 2.45) is 5.92 Å². The van der Waals surface area contributed by atoms with E-state index in [4.69, 9.17) is 0 Å². The number of nitro groups is 3. The first-order valence-electron chi connectivity index (χ1n) is 13.2. The van der Waals surface area contributed by atoms with Crippen LogP contribution >= 0.6 is 0 Å². The van der Waals surface area contributed by atoms with Crippen LogP contribution in [-0.2, 0) is 19.4 Å². The number of sulfone groups is 1. The second-order valence-electron chi connectivity index (χ2n) is 10.0. The van der Waals surface area contributed by atoms with E-state index in [1.165, 1.54) is 6.07 Å². The van der Waals surface area contributed by atoms with Crippen molar-refractivity contribution in [2.45, 2.75) is 70.7 Å². The van der Waals surface area contributed by atoms with Crippen molar-refractivity contribution in [3.8, 4) is 0 Å². The number of carbonyl (C=O) groups is 3. The molecule has 0 saturated heterocycles. The van der Waals surface area contributed by atoms with E-state index in [1.54, 1.807) is 13.8 Å². The fourth-order valence-electron chi connectivity index (χ4n) is 4.55. The fraction of sp³-hybridized carbons (Fsp3) is 0.444. The van der Waals surface area contributed by atoms with Crippen LogP contribution in [0.5, 0.6) is 0 Å². The van der Waals surface area contributed by atoms with E-state index in [0.29, 0.717) is 17.5 Å². The van der Waals surface area contributed by atoms with Crippen LogP contribution in [0.25, 0.3) is 0 Å². The lowest BCUT2D eigenvalue weighted by molar-refractivity contribution is -0.392. The molecule has 2 aromatic rings. The molecule has 1 aliphatic carbocycles. The van der Waals surface area contributed by atoms with Crippen LogP contribution in [0.3, 0.4) is 0 Å². The summed E-state index contributed by atoms with van der Waals surface area (Å²) >= 11 is 0. The molecule has 15 nitrogen and oxygen atoms in total. The van der Waals surface area contributed by atoms with Crippen molar-refractivity contribution in [1.82, 2.24) is 0 Å². The Balaban J connectivity index is 0.000000304. The molecule has 1 N–H and O–H groups in total. The van der Waals surface area contributed by atoms with Gasteiger partial charge in [0.15, 0.2) is 32.9 Å². The van der Waals surface area contributed by atoms with Crippen molar-refractivity contribution in [1.29, 1.82) is 0 Å². The summed E-state index contributed by atoms with van der Waals surface area (Å²) in [5.41, 5.74) is -0.611. The van der Waals surface area contributed by atoms with Crippen molar-refractivity contribution in [2.75, 3.05) is 11.6 Å². The first-order valence-corrected chi connectivity index (χ1v) is 15.1. The maximum Gasteiger partial charge on any atom is 0.302 e. The summed E-state index contributed by atoms with van der Waals surface area (Å²) in [6.07, 6.45) is 2.84. The van der Waals surface area contributed by atoms with Gasteiger partial charge in [0.05, 0.1) is 25.2 Å². The lowest BCUT2D eigenvalue weighted by atomic mass is 9.81. The number of benzene rings is 2. The van der Waals surface area contributed by atoms with Crippen LogP contribution in [-0.4, -0.2) is 52.8 Å². The predicted molar refractivity (Wildman–Crippen MR) is 155 cm³/mol. The average Bonchev–Trinajstić information content (AvgIpc) is 2.92. The summed E-state index contributed by atoms with van der Waals surface area (Å²) in [7, 11) is -3.70. The number of aryl methyl sites for hydroxylation is 1. The van der Waals surface area contributed by atoms with Crippen LogP contribution in [0.4, 0.5) is 22.7 Å². The summed E-state index contributed by atoms with van der Waals surface area (Å²) in [5, 5.41) is 36.5. The summed E-state index contributed by atoms with van der Waals surface area (Å²) in [5.74, 6) is -3.61. The van der Waals surface area contributed by atoms with Crippen LogP contribution < -0.4 is 5.32 Å². The third-order valence-corrected chi connectivity index (χ3v) is 8.23. The zero-order valence-electron chi connectivity index (χ0n) is 24.2. The van der Waals surface area contributed by atoms with Gasteiger partial charge in [-0.3, -0.25) is 44.7 Å². The molecule has 3 rings (SSSR count). The van der Waals surface area contributed by atoms with Gasteiger partial charge >= 0.3 is 5.69 Å². The molecule has 0 radical (unpaired) electrons. The van der Waals surface area contributed by atoms with Gasteiger partial charge in [0.25, 0.3) is 11.4 Å². The van der Waals surface area contributed by atoms with Gasteiger partial charge in [-0.15, -0.1) is 0 Å². The zero-order chi connectivity index (χ0) is 32.8. The van der Waals surface area contributed by atoms with Crippen LogP contribution in [0.1, 0.15) is 67.4 Å². The van der Waals surface area contributed by atoms with E-state index in [1.807, 2.05) is 13.8 Å². The average molecular weight is 621 g/mol. The molecule has 232 valence electrons. The second-order valence-corrected chi connectivity index (χ2v) is 12.0. The second kappa shape index (κ2) is 14.0. The monoisotopic (exact) mass is 620 g/mol. The molecular weight excluding hydrogens is 588 g/mol. The first kappa shape index (κ1) is 34.6. The highest BCUT2D eigenvalue weighted by atomic mass is 32.2. The molecule has 0 aromatic heterocycles. The lowest BCUT2D eigenvalue weighted by Crippen LogP contribution is -2.35. The minimum absolute atomic E-state index is 0.0109. The highest BCUT2D eigenvalue weighted by Crippen LogP contribution is 2.39. The maximum absolute atomic E-state index is 12.4. The number of nitrogens with one attached hydrogen (secondary N) is 1. The van der Waals surface area contributed by atoms with Gasteiger partial charge in [-0.25, -0.2) is 8.42 Å². The zero-order valence-corrected chi connectivity index (χ0v) is 25.1. The molecule has 0 spiro atoms. The number of hydrogen-bond acceptors (Lipinski definition) is 12. The lowest BCUT2D eigenvalue weighted by Gasteiger charge is -2.18. The quantitative estimate of drug-likeness (QED) is 0.163.